The van der Waals surface area contributed by atoms with Crippen LogP contribution in [0.2, 0.25) is 0 Å². The Labute approximate surface area is 80.0 Å². The Morgan fingerprint density at radius 2 is 2.23 bits per heavy atom. The molecule has 0 radical (unpaired) electrons. The number of likely N-dealkylation sites (N-methyl/N-ethyl adjacent to an activating group) is 1. The highest BCUT2D eigenvalue weighted by Crippen LogP contribution is 1.95. The zero-order valence-corrected chi connectivity index (χ0v) is 8.75. The molecule has 0 aliphatic rings. The van der Waals surface area contributed by atoms with E-state index in [4.69, 9.17) is 10.5 Å². The van der Waals surface area contributed by atoms with E-state index < -0.39 is 6.04 Å². The fourth-order valence-electron chi connectivity index (χ4n) is 1.04. The Morgan fingerprint density at radius 3 is 2.69 bits per heavy atom. The molecule has 0 aromatic heterocycles. The second-order valence-electron chi connectivity index (χ2n) is 3.18. The van der Waals surface area contributed by atoms with Gasteiger partial charge in [-0.1, -0.05) is 13.3 Å². The number of methoxy groups -OCH3 is 1. The molecule has 0 bridgehead atoms. The Morgan fingerprint density at radius 1 is 1.62 bits per heavy atom. The summed E-state index contributed by atoms with van der Waals surface area (Å²) in [6.07, 6.45) is 2.10. The summed E-state index contributed by atoms with van der Waals surface area (Å²) in [7, 11) is 3.31. The fraction of sp³-hybridized carbons (Fsp3) is 0.889. The van der Waals surface area contributed by atoms with E-state index in [1.807, 2.05) is 0 Å². The number of hydrogen-bond donors (Lipinski definition) is 1. The second kappa shape index (κ2) is 6.86. The van der Waals surface area contributed by atoms with Crippen LogP contribution < -0.4 is 5.73 Å². The van der Waals surface area contributed by atoms with Gasteiger partial charge in [0.25, 0.3) is 0 Å². The normalized spacial score (nSPS) is 12.6. The van der Waals surface area contributed by atoms with Gasteiger partial charge in [-0.05, 0) is 6.42 Å². The molecular formula is C9H20N2O2. The lowest BCUT2D eigenvalue weighted by Gasteiger charge is -2.20. The van der Waals surface area contributed by atoms with Gasteiger partial charge in [-0.15, -0.1) is 0 Å². The molecule has 1 atom stereocenters. The molecule has 0 aromatic carbocycles. The van der Waals surface area contributed by atoms with Gasteiger partial charge < -0.3 is 15.4 Å². The molecule has 1 amide bonds. The second-order valence-corrected chi connectivity index (χ2v) is 3.18. The molecule has 0 heterocycles. The van der Waals surface area contributed by atoms with Crippen LogP contribution in [-0.2, 0) is 9.53 Å². The molecule has 13 heavy (non-hydrogen) atoms. The molecule has 78 valence electrons. The van der Waals surface area contributed by atoms with Crippen molar-refractivity contribution in [2.45, 2.75) is 25.8 Å². The van der Waals surface area contributed by atoms with Crippen molar-refractivity contribution in [1.82, 2.24) is 4.90 Å². The topological polar surface area (TPSA) is 55.6 Å². The molecule has 4 nitrogen and oxygen atoms in total. The number of carbonyl (C=O) groups excluding carboxylic acids is 1. The molecular weight excluding hydrogens is 168 g/mol. The van der Waals surface area contributed by atoms with Gasteiger partial charge in [0, 0.05) is 20.7 Å². The van der Waals surface area contributed by atoms with Gasteiger partial charge in [-0.3, -0.25) is 4.79 Å². The molecule has 0 rings (SSSR count). The first-order chi connectivity index (χ1) is 6.13. The lowest BCUT2D eigenvalue weighted by Crippen LogP contribution is -2.44. The number of ether oxygens (including phenoxy) is 1. The minimum absolute atomic E-state index is 0.0460. The van der Waals surface area contributed by atoms with Crippen LogP contribution in [0.15, 0.2) is 0 Å². The Kier molecular flexibility index (Phi) is 6.54. The quantitative estimate of drug-likeness (QED) is 0.648. The first kappa shape index (κ1) is 12.4. The number of nitrogens with two attached hydrogens (primary N) is 1. The highest BCUT2D eigenvalue weighted by molar-refractivity contribution is 5.81. The number of nitrogens with zero attached hydrogens (tertiary/aromatic N) is 1. The van der Waals surface area contributed by atoms with Gasteiger partial charge >= 0.3 is 0 Å². The molecule has 0 spiro atoms. The SMILES string of the molecule is CCCCN(C)C(=O)C(N)COC. The first-order valence-corrected chi connectivity index (χ1v) is 4.63. The summed E-state index contributed by atoms with van der Waals surface area (Å²) in [5.74, 6) is -0.0460. The van der Waals surface area contributed by atoms with E-state index in [2.05, 4.69) is 6.92 Å². The third kappa shape index (κ3) is 4.85. The van der Waals surface area contributed by atoms with Crippen LogP contribution in [0.3, 0.4) is 0 Å². The highest BCUT2D eigenvalue weighted by atomic mass is 16.5. The summed E-state index contributed by atoms with van der Waals surface area (Å²) in [5, 5.41) is 0. The monoisotopic (exact) mass is 188 g/mol. The van der Waals surface area contributed by atoms with Crippen molar-refractivity contribution in [3.8, 4) is 0 Å². The first-order valence-electron chi connectivity index (χ1n) is 4.63. The van der Waals surface area contributed by atoms with Gasteiger partial charge in [-0.2, -0.15) is 0 Å². The average molecular weight is 188 g/mol. The standard InChI is InChI=1S/C9H20N2O2/c1-4-5-6-11(2)9(12)8(10)7-13-3/h8H,4-7,10H2,1-3H3. The van der Waals surface area contributed by atoms with Crippen molar-refractivity contribution in [3.05, 3.63) is 0 Å². The summed E-state index contributed by atoms with van der Waals surface area (Å²) in [5.41, 5.74) is 5.58. The lowest BCUT2D eigenvalue weighted by molar-refractivity contribution is -0.132. The lowest BCUT2D eigenvalue weighted by atomic mass is 10.2. The maximum absolute atomic E-state index is 11.5. The van der Waals surface area contributed by atoms with Crippen LogP contribution in [0.4, 0.5) is 0 Å². The number of rotatable bonds is 6. The predicted octanol–water partition coefficient (Wildman–Crippen LogP) is 0.219. The third-order valence-electron chi connectivity index (χ3n) is 1.89. The molecule has 0 fully saturated rings. The molecule has 4 heteroatoms. The van der Waals surface area contributed by atoms with E-state index in [9.17, 15) is 4.79 Å². The number of hydrogen-bond acceptors (Lipinski definition) is 3. The van der Waals surface area contributed by atoms with Crippen LogP contribution in [0, 0.1) is 0 Å². The maximum Gasteiger partial charge on any atom is 0.241 e. The van der Waals surface area contributed by atoms with Crippen molar-refractivity contribution >= 4 is 5.91 Å². The molecule has 2 N–H and O–H groups in total. The molecule has 0 aliphatic heterocycles. The number of carbonyl (C=O) groups is 1. The van der Waals surface area contributed by atoms with Crippen molar-refractivity contribution in [3.63, 3.8) is 0 Å². The zero-order chi connectivity index (χ0) is 10.3. The summed E-state index contributed by atoms with van der Waals surface area (Å²) < 4.78 is 4.81. The maximum atomic E-state index is 11.5. The molecule has 0 aromatic rings. The summed E-state index contributed by atoms with van der Waals surface area (Å²) >= 11 is 0. The molecule has 0 saturated heterocycles. The zero-order valence-electron chi connectivity index (χ0n) is 8.75. The van der Waals surface area contributed by atoms with Crippen LogP contribution in [-0.4, -0.2) is 44.2 Å². The number of amides is 1. The molecule has 1 unspecified atom stereocenters. The van der Waals surface area contributed by atoms with Crippen molar-refractivity contribution < 1.29 is 9.53 Å². The van der Waals surface area contributed by atoms with Crippen LogP contribution in [0.1, 0.15) is 19.8 Å². The van der Waals surface area contributed by atoms with Crippen molar-refractivity contribution in [2.24, 2.45) is 5.73 Å². The van der Waals surface area contributed by atoms with Gasteiger partial charge in [0.05, 0.1) is 6.61 Å². The summed E-state index contributed by atoms with van der Waals surface area (Å²) in [4.78, 5) is 13.1. The highest BCUT2D eigenvalue weighted by Gasteiger charge is 2.16. The minimum Gasteiger partial charge on any atom is -0.383 e. The Bertz CT molecular complexity index is 151. The van der Waals surface area contributed by atoms with E-state index in [0.717, 1.165) is 19.4 Å². The average Bonchev–Trinajstić information content (AvgIpc) is 2.13. The van der Waals surface area contributed by atoms with E-state index in [1.165, 1.54) is 0 Å². The van der Waals surface area contributed by atoms with Gasteiger partial charge in [-0.25, -0.2) is 0 Å². The van der Waals surface area contributed by atoms with Crippen molar-refractivity contribution in [2.75, 3.05) is 27.3 Å². The van der Waals surface area contributed by atoms with Crippen LogP contribution in [0.25, 0.3) is 0 Å². The minimum atomic E-state index is -0.521. The predicted molar refractivity (Wildman–Crippen MR) is 52.4 cm³/mol. The van der Waals surface area contributed by atoms with Crippen LogP contribution >= 0.6 is 0 Å². The van der Waals surface area contributed by atoms with Crippen LogP contribution in [0.5, 0.6) is 0 Å². The summed E-state index contributed by atoms with van der Waals surface area (Å²) in [6, 6.07) is -0.521. The number of unbranched alkanes of at least 4 members (excludes halogenated alkanes) is 1. The fourth-order valence-corrected chi connectivity index (χ4v) is 1.04. The van der Waals surface area contributed by atoms with E-state index >= 15 is 0 Å². The molecule has 0 aliphatic carbocycles. The van der Waals surface area contributed by atoms with E-state index in [0.29, 0.717) is 0 Å². The molecule has 0 saturated carbocycles. The van der Waals surface area contributed by atoms with Gasteiger partial charge in [0.1, 0.15) is 6.04 Å². The Balaban J connectivity index is 3.79. The Hall–Kier alpha value is -0.610. The van der Waals surface area contributed by atoms with Gasteiger partial charge in [0.15, 0.2) is 0 Å². The smallest absolute Gasteiger partial charge is 0.241 e. The van der Waals surface area contributed by atoms with Crippen molar-refractivity contribution in [1.29, 1.82) is 0 Å². The van der Waals surface area contributed by atoms with E-state index in [1.54, 1.807) is 19.1 Å². The van der Waals surface area contributed by atoms with Gasteiger partial charge in [0.2, 0.25) is 5.91 Å². The van der Waals surface area contributed by atoms with E-state index in [-0.39, 0.29) is 12.5 Å². The summed E-state index contributed by atoms with van der Waals surface area (Å²) in [6.45, 7) is 3.15. The largest absolute Gasteiger partial charge is 0.383 e. The third-order valence-corrected chi connectivity index (χ3v) is 1.89.